The molecule has 2 aliphatic rings. The van der Waals surface area contributed by atoms with Gasteiger partial charge in [0.1, 0.15) is 67.0 Å². The zero-order valence-corrected chi connectivity index (χ0v) is 65.1. The Labute approximate surface area is 652 Å². The molecule has 1 aromatic rings. The number of rotatable bonds is 46. The summed E-state index contributed by atoms with van der Waals surface area (Å²) in [5.41, 5.74) is 10.4. The molecule has 0 radical (unpaired) electrons. The highest BCUT2D eigenvalue weighted by molar-refractivity contribution is 8.76. The molecule has 0 aliphatic carbocycles. The average molecular weight is 1620 g/mol. The van der Waals surface area contributed by atoms with Crippen molar-refractivity contribution in [2.24, 2.45) is 26.8 Å². The molecular formula is C66H105N21O21S3. The Kier molecular flexibility index (Phi) is 43.0. The molecule has 2 heterocycles. The third-order valence-corrected chi connectivity index (χ3v) is 20.9. The summed E-state index contributed by atoms with van der Waals surface area (Å²) in [6, 6.07) is -5.27. The van der Waals surface area contributed by atoms with Crippen LogP contribution in [0.5, 0.6) is 0 Å². The van der Waals surface area contributed by atoms with Crippen LogP contribution in [0, 0.1) is 9.81 Å². The second-order valence-corrected chi connectivity index (χ2v) is 30.6. The number of hydrogen-bond donors (Lipinski definition) is 20. The Morgan fingerprint density at radius 1 is 0.568 bits per heavy atom. The van der Waals surface area contributed by atoms with Gasteiger partial charge in [-0.25, -0.2) is 0 Å². The van der Waals surface area contributed by atoms with Crippen LogP contribution in [0.3, 0.4) is 0 Å². The molecule has 618 valence electrons. The van der Waals surface area contributed by atoms with E-state index in [1.165, 1.54) is 0 Å². The second-order valence-electron chi connectivity index (χ2n) is 27.0. The quantitative estimate of drug-likeness (QED) is 0.00951. The van der Waals surface area contributed by atoms with Gasteiger partial charge in [-0.15, -0.1) is 11.8 Å². The van der Waals surface area contributed by atoms with E-state index in [9.17, 15) is 96.7 Å². The number of aliphatic carboxylic acids is 3. The predicted octanol–water partition coefficient (Wildman–Crippen LogP) is -5.78. The highest BCUT2D eigenvalue weighted by atomic mass is 33.1. The van der Waals surface area contributed by atoms with Gasteiger partial charge in [-0.1, -0.05) is 62.3 Å². The van der Waals surface area contributed by atoms with E-state index in [-0.39, 0.29) is 100 Å². The van der Waals surface area contributed by atoms with Crippen LogP contribution >= 0.6 is 33.3 Å². The molecule has 1 aromatic carbocycles. The highest BCUT2D eigenvalue weighted by Gasteiger charge is 2.37. The molecular weight excluding hydrogens is 1520 g/mol. The van der Waals surface area contributed by atoms with Crippen molar-refractivity contribution < 1.29 is 92.0 Å². The number of nitroso groups, excluding NO2 is 2. The van der Waals surface area contributed by atoms with Crippen LogP contribution in [0.15, 0.2) is 45.7 Å². The molecule has 0 spiro atoms. The Morgan fingerprint density at radius 2 is 1.14 bits per heavy atom. The number of amides is 13. The molecule has 22 N–H and O–H groups in total. The zero-order valence-electron chi connectivity index (χ0n) is 62.7. The standard InChI is InChI=1S/C66H105N21O21S3/c1-37(85-107)65(3,4)75-22-25-87(26-23-76-66(5,6)38(2)86-108)24-21-70-49(89)18-17-48(88)69-19-11-10-15-41-58(101)81-44(29-54(95)96)61(104)82-45(33-109-36-52(92)77-41)62(105)79-40(16-12-20-71-64(67)68)56(99)74-31-51(91)78-43(28-53(93)94)60(103)84-47-35-111-110-34-46(57(100)73-30-50(90)72-32-55(97)98)83-59(102)42(80-63(47)106)27-39-13-8-7-9-14-39/h7-9,13-14,37-38,40-47,75-76H,10-12,15-36H2,1-6H3,(H,69,88)(H,70,89)(H,72,90)(H,73,100)(H,74,99)(H,77,92)(H,78,91)(H,79,105)(H,80,106)(H,81,101)(H,82,104)(H,83,102)(H,84,103)(H,93,94)(H,95,96)(H,97,98)(H4,67,68,71)/t37?,38?,40-,41-,42-,43-,44-,45-,46-,47-/m0/s1. The molecule has 2 fully saturated rings. The van der Waals surface area contributed by atoms with Crippen molar-refractivity contribution >= 4 is 134 Å². The van der Waals surface area contributed by atoms with Gasteiger partial charge in [0.25, 0.3) is 0 Å². The first kappa shape index (κ1) is 95.3. The van der Waals surface area contributed by atoms with E-state index in [4.69, 9.17) is 16.6 Å². The first-order chi connectivity index (χ1) is 52.4. The lowest BCUT2D eigenvalue weighted by Crippen LogP contribution is -2.60. The van der Waals surface area contributed by atoms with Crippen LogP contribution in [0.4, 0.5) is 0 Å². The third kappa shape index (κ3) is 38.6. The molecule has 2 unspecified atom stereocenters. The Balaban J connectivity index is 1.66. The first-order valence-corrected chi connectivity index (χ1v) is 39.3. The Morgan fingerprint density at radius 3 is 1.73 bits per heavy atom. The molecule has 42 nitrogen and oxygen atoms in total. The van der Waals surface area contributed by atoms with E-state index >= 15 is 0 Å². The van der Waals surface area contributed by atoms with Gasteiger partial charge in [0.05, 0.1) is 31.7 Å². The van der Waals surface area contributed by atoms with Gasteiger partial charge in [-0.3, -0.25) is 86.6 Å². The molecule has 45 heteroatoms. The number of carbonyl (C=O) groups is 16. The van der Waals surface area contributed by atoms with Crippen molar-refractivity contribution in [1.82, 2.24) is 84.7 Å². The summed E-state index contributed by atoms with van der Waals surface area (Å²) in [7, 11) is 1.89. The first-order valence-electron chi connectivity index (χ1n) is 35.6. The van der Waals surface area contributed by atoms with Crippen molar-refractivity contribution in [3.63, 3.8) is 0 Å². The number of carbonyl (C=O) groups excluding carboxylic acids is 13. The monoisotopic (exact) mass is 1620 g/mol. The number of thioether (sulfide) groups is 1. The molecule has 0 aromatic heterocycles. The summed E-state index contributed by atoms with van der Waals surface area (Å²) >= 11 is 0.807. The van der Waals surface area contributed by atoms with Crippen LogP contribution in [0.1, 0.15) is 105 Å². The number of carboxylic acid groups (broad SMARTS) is 3. The minimum Gasteiger partial charge on any atom is -0.481 e. The van der Waals surface area contributed by atoms with Crippen molar-refractivity contribution in [2.45, 2.75) is 177 Å². The van der Waals surface area contributed by atoms with Crippen LogP contribution < -0.4 is 91.2 Å². The fourth-order valence-electron chi connectivity index (χ4n) is 10.3. The van der Waals surface area contributed by atoms with E-state index in [0.717, 1.165) is 33.3 Å². The van der Waals surface area contributed by atoms with Crippen LogP contribution in [-0.2, 0) is 83.1 Å². The van der Waals surface area contributed by atoms with E-state index < -0.39 is 199 Å². The molecule has 0 saturated carbocycles. The van der Waals surface area contributed by atoms with Crippen LogP contribution in [0.2, 0.25) is 0 Å². The maximum absolute atomic E-state index is 14.2. The lowest BCUT2D eigenvalue weighted by molar-refractivity contribution is -0.141. The summed E-state index contributed by atoms with van der Waals surface area (Å²) < 4.78 is 0. The van der Waals surface area contributed by atoms with Gasteiger partial charge >= 0.3 is 17.9 Å². The molecule has 0 bridgehead atoms. The second kappa shape index (κ2) is 50.1. The summed E-state index contributed by atoms with van der Waals surface area (Å²) in [6.45, 7) is 11.3. The molecule has 111 heavy (non-hydrogen) atoms. The van der Waals surface area contributed by atoms with Gasteiger partial charge in [0, 0.05) is 100.0 Å². The number of benzene rings is 1. The maximum Gasteiger partial charge on any atom is 0.322 e. The number of hydrogen-bond acceptors (Lipinski definition) is 27. The summed E-state index contributed by atoms with van der Waals surface area (Å²) in [6.07, 6.45) is -2.37. The number of unbranched alkanes of at least 4 members (excludes halogenated alkanes) is 1. The molecule has 2 aliphatic heterocycles. The summed E-state index contributed by atoms with van der Waals surface area (Å²) in [5.74, 6) is -17.7. The SMILES string of the molecule is CC(N=O)C(C)(C)NCCN(CCNC(=O)CCC(=O)NCCCC[C@@H]1NC(=O)CSC[C@@H](C(=O)N[C@@H](CCCN=C(N)N)C(=O)NCC(=O)N[C@@H](CC(=O)O)C(=O)N[C@H]2CSSC[C@@H](C(=O)NCC(=O)NCC(=O)O)NC(=O)[C@H](Cc3ccccc3)NC2=O)NC(=O)[C@H](CC(=O)O)NC1=O)CCNC(C)(C)C(C)N=O. The van der Waals surface area contributed by atoms with E-state index in [1.807, 2.05) is 27.7 Å². The lowest BCUT2D eigenvalue weighted by Gasteiger charge is -2.32. The van der Waals surface area contributed by atoms with Gasteiger partial charge in [0.2, 0.25) is 76.8 Å². The van der Waals surface area contributed by atoms with Crippen molar-refractivity contribution in [1.29, 1.82) is 0 Å². The topological polar surface area (TPSA) is 641 Å². The fourth-order valence-corrected chi connectivity index (χ4v) is 13.5. The largest absolute Gasteiger partial charge is 0.481 e. The van der Waals surface area contributed by atoms with Gasteiger partial charge in [-0.2, -0.15) is 9.81 Å². The maximum atomic E-state index is 14.2. The highest BCUT2D eigenvalue weighted by Crippen LogP contribution is 2.24. The van der Waals surface area contributed by atoms with E-state index in [2.05, 4.69) is 100.0 Å². The Bertz CT molecular complexity index is 3380. The summed E-state index contributed by atoms with van der Waals surface area (Å²) in [4.78, 5) is 239. The Hall–Kier alpha value is -9.86. The smallest absolute Gasteiger partial charge is 0.322 e. The molecule has 13 amide bonds. The number of aliphatic imine (C=N–C) groups is 1. The number of nitrogens with zero attached hydrogens (tertiary/aromatic N) is 4. The number of carboxylic acids is 3. The van der Waals surface area contributed by atoms with Crippen molar-refractivity contribution in [3.05, 3.63) is 45.7 Å². The summed E-state index contributed by atoms with van der Waals surface area (Å²) in [5, 5.41) is 73.1. The number of guanidine groups is 1. The fraction of sp³-hybridized carbons (Fsp3) is 0.652. The van der Waals surface area contributed by atoms with Crippen LogP contribution in [-0.4, -0.2) is 287 Å². The van der Waals surface area contributed by atoms with E-state index in [0.29, 0.717) is 38.3 Å². The van der Waals surface area contributed by atoms with E-state index in [1.54, 1.807) is 44.2 Å². The normalized spacial score (nSPS) is 19.1. The lowest BCUT2D eigenvalue weighted by atomic mass is 9.97. The van der Waals surface area contributed by atoms with Gasteiger partial charge in [-0.05, 0) is 79.2 Å². The van der Waals surface area contributed by atoms with Crippen molar-refractivity contribution in [3.8, 4) is 0 Å². The molecule has 3 rings (SSSR count). The third-order valence-electron chi connectivity index (χ3n) is 17.4. The predicted molar refractivity (Wildman–Crippen MR) is 409 cm³/mol. The van der Waals surface area contributed by atoms with Crippen molar-refractivity contribution in [2.75, 3.05) is 95.0 Å². The van der Waals surface area contributed by atoms with Gasteiger partial charge < -0.3 is 107 Å². The molecule has 2 saturated heterocycles. The number of nitrogens with two attached hydrogens (primary N) is 2. The minimum absolute atomic E-state index is 0.0109. The average Bonchev–Trinajstić information content (AvgIpc) is 1.83. The molecule has 10 atom stereocenters. The zero-order chi connectivity index (χ0) is 82.8. The number of nitrogens with one attached hydrogen (secondary N) is 15. The minimum atomic E-state index is -1.93. The van der Waals surface area contributed by atoms with Crippen LogP contribution in [0.25, 0.3) is 0 Å². The van der Waals surface area contributed by atoms with Gasteiger partial charge in [0.15, 0.2) is 5.96 Å².